The Morgan fingerprint density at radius 2 is 1.42 bits per heavy atom. The van der Waals surface area contributed by atoms with Crippen LogP contribution in [0.2, 0.25) is 0 Å². The van der Waals surface area contributed by atoms with Gasteiger partial charge in [-0.2, -0.15) is 0 Å². The molecular weight excluding hydrogens is 478 g/mol. The SMILES string of the molecule is Cc1cc(C(=O)O)cc(C)c1OC(=O)C1c2ccccc2N(C)c2cc(C=Cc3ccc(O)cc3)ccc21. The predicted octanol–water partition coefficient (Wildman–Crippen LogP) is 6.70. The number of hydrogen-bond donors (Lipinski definition) is 2. The topological polar surface area (TPSA) is 87.1 Å². The zero-order chi connectivity index (χ0) is 27.0. The Bertz CT molecular complexity index is 1560. The molecule has 38 heavy (non-hydrogen) atoms. The average Bonchev–Trinajstić information content (AvgIpc) is 2.90. The van der Waals surface area contributed by atoms with Crippen molar-refractivity contribution in [3.8, 4) is 11.5 Å². The fourth-order valence-corrected chi connectivity index (χ4v) is 4.96. The molecule has 0 aliphatic carbocycles. The molecule has 0 radical (unpaired) electrons. The Kier molecular flexibility index (Phi) is 6.47. The molecule has 0 amide bonds. The molecule has 6 nitrogen and oxygen atoms in total. The number of para-hydroxylation sites is 1. The molecule has 5 rings (SSSR count). The Morgan fingerprint density at radius 3 is 2.11 bits per heavy atom. The van der Waals surface area contributed by atoms with Crippen LogP contribution < -0.4 is 9.64 Å². The number of anilines is 2. The third-order valence-corrected chi connectivity index (χ3v) is 6.84. The lowest BCUT2D eigenvalue weighted by atomic mass is 9.84. The number of fused-ring (bicyclic) bond motifs is 2. The zero-order valence-electron chi connectivity index (χ0n) is 21.3. The van der Waals surface area contributed by atoms with E-state index in [1.54, 1.807) is 26.0 Å². The number of ether oxygens (including phenoxy) is 1. The van der Waals surface area contributed by atoms with Crippen LogP contribution in [0.3, 0.4) is 0 Å². The third kappa shape index (κ3) is 4.64. The van der Waals surface area contributed by atoms with Crippen molar-refractivity contribution in [3.63, 3.8) is 0 Å². The predicted molar refractivity (Wildman–Crippen MR) is 148 cm³/mol. The maximum atomic E-state index is 13.8. The van der Waals surface area contributed by atoms with Crippen molar-refractivity contribution in [1.29, 1.82) is 0 Å². The van der Waals surface area contributed by atoms with Gasteiger partial charge in [-0.25, -0.2) is 4.79 Å². The number of benzene rings is 4. The Balaban J connectivity index is 1.52. The van der Waals surface area contributed by atoms with Crippen molar-refractivity contribution in [1.82, 2.24) is 0 Å². The van der Waals surface area contributed by atoms with E-state index in [0.29, 0.717) is 16.9 Å². The molecule has 6 heteroatoms. The first kappa shape index (κ1) is 24.8. The van der Waals surface area contributed by atoms with E-state index in [1.807, 2.05) is 73.8 Å². The Hall–Kier alpha value is -4.84. The van der Waals surface area contributed by atoms with Crippen LogP contribution in [0.25, 0.3) is 12.2 Å². The molecular formula is C32H27NO5. The van der Waals surface area contributed by atoms with E-state index in [1.165, 1.54) is 12.1 Å². The van der Waals surface area contributed by atoms with Crippen LogP contribution in [0.5, 0.6) is 11.5 Å². The van der Waals surface area contributed by atoms with Crippen LogP contribution in [0.15, 0.2) is 78.9 Å². The first-order chi connectivity index (χ1) is 18.2. The highest BCUT2D eigenvalue weighted by molar-refractivity contribution is 5.94. The van der Waals surface area contributed by atoms with E-state index in [4.69, 9.17) is 4.74 Å². The van der Waals surface area contributed by atoms with Crippen LogP contribution in [0, 0.1) is 13.8 Å². The highest BCUT2D eigenvalue weighted by atomic mass is 16.5. The van der Waals surface area contributed by atoms with E-state index < -0.39 is 17.9 Å². The lowest BCUT2D eigenvalue weighted by molar-refractivity contribution is -0.135. The van der Waals surface area contributed by atoms with E-state index in [-0.39, 0.29) is 11.3 Å². The number of phenolic OH excluding ortho intramolecular Hbond substituents is 1. The summed E-state index contributed by atoms with van der Waals surface area (Å²) in [6.07, 6.45) is 3.96. The van der Waals surface area contributed by atoms with Crippen molar-refractivity contribution in [2.24, 2.45) is 0 Å². The average molecular weight is 506 g/mol. The largest absolute Gasteiger partial charge is 0.508 e. The molecule has 190 valence electrons. The highest BCUT2D eigenvalue weighted by Gasteiger charge is 2.35. The molecule has 4 aromatic rings. The summed E-state index contributed by atoms with van der Waals surface area (Å²) >= 11 is 0. The Morgan fingerprint density at radius 1 is 0.816 bits per heavy atom. The summed E-state index contributed by atoms with van der Waals surface area (Å²) in [7, 11) is 1.98. The second kappa shape index (κ2) is 9.90. The fourth-order valence-electron chi connectivity index (χ4n) is 4.96. The third-order valence-electron chi connectivity index (χ3n) is 6.84. The van der Waals surface area contributed by atoms with Gasteiger partial charge in [0.05, 0.1) is 5.56 Å². The minimum atomic E-state index is -1.03. The summed E-state index contributed by atoms with van der Waals surface area (Å²) in [6, 6.07) is 23.7. The maximum Gasteiger partial charge on any atom is 0.335 e. The number of esters is 1. The van der Waals surface area contributed by atoms with E-state index in [2.05, 4.69) is 4.90 Å². The van der Waals surface area contributed by atoms with Gasteiger partial charge in [0.25, 0.3) is 0 Å². The van der Waals surface area contributed by atoms with E-state index in [0.717, 1.165) is 33.6 Å². The fraction of sp³-hybridized carbons (Fsp3) is 0.125. The quantitative estimate of drug-likeness (QED) is 0.178. The van der Waals surface area contributed by atoms with Gasteiger partial charge in [-0.05, 0) is 83.6 Å². The summed E-state index contributed by atoms with van der Waals surface area (Å²) < 4.78 is 5.96. The smallest absolute Gasteiger partial charge is 0.335 e. The number of phenols is 1. The number of aryl methyl sites for hydroxylation is 2. The van der Waals surface area contributed by atoms with Crippen LogP contribution >= 0.6 is 0 Å². The number of carbonyl (C=O) groups excluding carboxylic acids is 1. The zero-order valence-corrected chi connectivity index (χ0v) is 21.3. The summed E-state index contributed by atoms with van der Waals surface area (Å²) in [5.41, 5.74) is 6.74. The molecule has 1 atom stereocenters. The van der Waals surface area contributed by atoms with Gasteiger partial charge < -0.3 is 19.8 Å². The molecule has 0 bridgehead atoms. The number of carbonyl (C=O) groups is 2. The van der Waals surface area contributed by atoms with Gasteiger partial charge in [-0.3, -0.25) is 4.79 Å². The minimum Gasteiger partial charge on any atom is -0.508 e. The van der Waals surface area contributed by atoms with Crippen molar-refractivity contribution in [2.75, 3.05) is 11.9 Å². The molecule has 1 aliphatic rings. The number of carboxylic acid groups (broad SMARTS) is 1. The second-order valence-corrected chi connectivity index (χ2v) is 9.46. The molecule has 4 aromatic carbocycles. The first-order valence-corrected chi connectivity index (χ1v) is 12.2. The highest BCUT2D eigenvalue weighted by Crippen LogP contribution is 2.46. The normalized spacial score (nSPS) is 14.2. The molecule has 2 N–H and O–H groups in total. The lowest BCUT2D eigenvalue weighted by Crippen LogP contribution is -2.28. The standard InChI is InChI=1S/C32H27NO5/c1-19-16-23(31(35)36)17-20(2)30(19)38-32(37)29-25-6-4-5-7-27(25)33(3)28-18-22(12-15-26(28)29)9-8-21-10-13-24(34)14-11-21/h4-18,29,34H,1-3H3,(H,35,36). The molecule has 0 saturated carbocycles. The van der Waals surface area contributed by atoms with E-state index >= 15 is 0 Å². The number of rotatable bonds is 5. The number of hydrogen-bond acceptors (Lipinski definition) is 5. The lowest BCUT2D eigenvalue weighted by Gasteiger charge is -2.34. The first-order valence-electron chi connectivity index (χ1n) is 12.2. The maximum absolute atomic E-state index is 13.8. The van der Waals surface area contributed by atoms with Gasteiger partial charge in [0.1, 0.15) is 17.4 Å². The van der Waals surface area contributed by atoms with Crippen LogP contribution in [0.1, 0.15) is 49.7 Å². The molecule has 0 aromatic heterocycles. The van der Waals surface area contributed by atoms with Crippen molar-refractivity contribution >= 4 is 35.5 Å². The summed E-state index contributed by atoms with van der Waals surface area (Å²) in [5.74, 6) is -1.50. The summed E-state index contributed by atoms with van der Waals surface area (Å²) in [5, 5.41) is 18.9. The minimum absolute atomic E-state index is 0.155. The summed E-state index contributed by atoms with van der Waals surface area (Å²) in [4.78, 5) is 27.3. The van der Waals surface area contributed by atoms with Gasteiger partial charge in [0, 0.05) is 18.4 Å². The van der Waals surface area contributed by atoms with Gasteiger partial charge >= 0.3 is 11.9 Å². The molecule has 1 aliphatic heterocycles. The van der Waals surface area contributed by atoms with Gasteiger partial charge in [0.2, 0.25) is 0 Å². The van der Waals surface area contributed by atoms with E-state index in [9.17, 15) is 19.8 Å². The van der Waals surface area contributed by atoms with Gasteiger partial charge in [0.15, 0.2) is 0 Å². The van der Waals surface area contributed by atoms with Gasteiger partial charge in [-0.1, -0.05) is 54.6 Å². The molecule has 1 unspecified atom stereocenters. The number of nitrogens with zero attached hydrogens (tertiary/aromatic N) is 1. The van der Waals surface area contributed by atoms with Crippen LogP contribution in [0.4, 0.5) is 11.4 Å². The van der Waals surface area contributed by atoms with Crippen LogP contribution in [-0.4, -0.2) is 29.2 Å². The number of aromatic hydroxyl groups is 1. The molecule has 0 spiro atoms. The second-order valence-electron chi connectivity index (χ2n) is 9.46. The number of carboxylic acids is 1. The van der Waals surface area contributed by atoms with Crippen molar-refractivity contribution in [3.05, 3.63) is 118 Å². The molecule has 0 fully saturated rings. The molecule has 1 heterocycles. The van der Waals surface area contributed by atoms with Crippen molar-refractivity contribution in [2.45, 2.75) is 19.8 Å². The monoisotopic (exact) mass is 505 g/mol. The molecule has 0 saturated heterocycles. The summed E-state index contributed by atoms with van der Waals surface area (Å²) in [6.45, 7) is 3.48. The van der Waals surface area contributed by atoms with Crippen molar-refractivity contribution < 1.29 is 24.5 Å². The number of aromatic carboxylic acids is 1. The Labute approximate surface area is 221 Å². The van der Waals surface area contributed by atoms with Crippen LogP contribution in [-0.2, 0) is 4.79 Å². The van der Waals surface area contributed by atoms with Gasteiger partial charge in [-0.15, -0.1) is 0 Å².